The van der Waals surface area contributed by atoms with Gasteiger partial charge in [0.1, 0.15) is 5.82 Å². The Balaban J connectivity index is 1.69. The second-order valence-electron chi connectivity index (χ2n) is 6.38. The normalized spacial score (nSPS) is 20.1. The molecule has 3 heteroatoms. The number of anilines is 1. The van der Waals surface area contributed by atoms with Crippen LogP contribution in [0.5, 0.6) is 0 Å². The van der Waals surface area contributed by atoms with Gasteiger partial charge < -0.3 is 10.2 Å². The quantitative estimate of drug-likeness (QED) is 0.879. The largest absolute Gasteiger partial charge is 0.372 e. The highest BCUT2D eigenvalue weighted by Crippen LogP contribution is 2.27. The Bertz CT molecular complexity index is 450. The third-order valence-corrected chi connectivity index (χ3v) is 4.64. The molecular weight excluding hydrogens is 251 g/mol. The molecule has 2 fully saturated rings. The SMILES string of the molecule is CN(c1cc(F)cc(CNC2CC2)c1)C1CCCCC1. The van der Waals surface area contributed by atoms with Gasteiger partial charge in [-0.1, -0.05) is 19.3 Å². The molecule has 2 nitrogen and oxygen atoms in total. The first kappa shape index (κ1) is 13.9. The summed E-state index contributed by atoms with van der Waals surface area (Å²) in [7, 11) is 2.11. The van der Waals surface area contributed by atoms with Crippen LogP contribution in [0.25, 0.3) is 0 Å². The number of hydrogen-bond acceptors (Lipinski definition) is 2. The number of hydrogen-bond donors (Lipinski definition) is 1. The van der Waals surface area contributed by atoms with E-state index in [2.05, 4.69) is 23.3 Å². The molecule has 1 aromatic carbocycles. The fraction of sp³-hybridized carbons (Fsp3) is 0.647. The molecule has 1 N–H and O–H groups in total. The number of nitrogens with zero attached hydrogens (tertiary/aromatic N) is 1. The summed E-state index contributed by atoms with van der Waals surface area (Å²) in [5.74, 6) is -0.113. The van der Waals surface area contributed by atoms with Crippen molar-refractivity contribution < 1.29 is 4.39 Å². The Hall–Kier alpha value is -1.09. The number of benzene rings is 1. The van der Waals surface area contributed by atoms with Crippen LogP contribution < -0.4 is 10.2 Å². The van der Waals surface area contributed by atoms with Crippen molar-refractivity contribution in [1.29, 1.82) is 0 Å². The molecule has 0 aliphatic heterocycles. The van der Waals surface area contributed by atoms with Crippen LogP contribution in [0.2, 0.25) is 0 Å². The highest BCUT2D eigenvalue weighted by Gasteiger charge is 2.21. The van der Waals surface area contributed by atoms with E-state index < -0.39 is 0 Å². The molecule has 2 aliphatic carbocycles. The van der Waals surface area contributed by atoms with Gasteiger partial charge in [-0.05, 0) is 49.4 Å². The van der Waals surface area contributed by atoms with E-state index in [1.165, 1.54) is 44.9 Å². The molecule has 0 unspecified atom stereocenters. The van der Waals surface area contributed by atoms with Crippen LogP contribution in [0.15, 0.2) is 18.2 Å². The smallest absolute Gasteiger partial charge is 0.125 e. The van der Waals surface area contributed by atoms with E-state index in [1.54, 1.807) is 12.1 Å². The fourth-order valence-corrected chi connectivity index (χ4v) is 3.17. The van der Waals surface area contributed by atoms with E-state index in [-0.39, 0.29) is 5.82 Å². The van der Waals surface area contributed by atoms with Crippen molar-refractivity contribution in [2.75, 3.05) is 11.9 Å². The van der Waals surface area contributed by atoms with Crippen molar-refractivity contribution in [3.05, 3.63) is 29.6 Å². The molecule has 0 atom stereocenters. The van der Waals surface area contributed by atoms with Gasteiger partial charge in [0, 0.05) is 31.4 Å². The molecular formula is C17H25FN2. The van der Waals surface area contributed by atoms with E-state index >= 15 is 0 Å². The lowest BCUT2D eigenvalue weighted by molar-refractivity contribution is 0.427. The third-order valence-electron chi connectivity index (χ3n) is 4.64. The maximum atomic E-state index is 13.8. The van der Waals surface area contributed by atoms with Crippen LogP contribution >= 0.6 is 0 Å². The molecule has 0 saturated heterocycles. The summed E-state index contributed by atoms with van der Waals surface area (Å²) < 4.78 is 13.8. The molecule has 3 rings (SSSR count). The van der Waals surface area contributed by atoms with Gasteiger partial charge in [0.15, 0.2) is 0 Å². The third kappa shape index (κ3) is 3.51. The predicted octanol–water partition coefficient (Wildman–Crippen LogP) is 3.85. The van der Waals surface area contributed by atoms with Crippen molar-refractivity contribution in [2.45, 2.75) is 63.6 Å². The van der Waals surface area contributed by atoms with Gasteiger partial charge in [-0.25, -0.2) is 4.39 Å². The molecule has 2 saturated carbocycles. The van der Waals surface area contributed by atoms with E-state index in [0.717, 1.165) is 17.8 Å². The van der Waals surface area contributed by atoms with E-state index in [4.69, 9.17) is 0 Å². The molecule has 2 aliphatic rings. The van der Waals surface area contributed by atoms with Crippen LogP contribution in [0, 0.1) is 5.82 Å². The topological polar surface area (TPSA) is 15.3 Å². The zero-order valence-corrected chi connectivity index (χ0v) is 12.4. The minimum absolute atomic E-state index is 0.113. The molecule has 20 heavy (non-hydrogen) atoms. The molecule has 0 bridgehead atoms. The Morgan fingerprint density at radius 1 is 1.10 bits per heavy atom. The van der Waals surface area contributed by atoms with Crippen LogP contribution in [0.1, 0.15) is 50.5 Å². The summed E-state index contributed by atoms with van der Waals surface area (Å²) in [5, 5.41) is 3.46. The monoisotopic (exact) mass is 276 g/mol. The summed E-state index contributed by atoms with van der Waals surface area (Å²) in [6, 6.07) is 6.73. The molecule has 0 heterocycles. The van der Waals surface area contributed by atoms with Crippen molar-refractivity contribution in [3.8, 4) is 0 Å². The van der Waals surface area contributed by atoms with Gasteiger partial charge in [0.25, 0.3) is 0 Å². The van der Waals surface area contributed by atoms with Crippen LogP contribution in [0.4, 0.5) is 10.1 Å². The van der Waals surface area contributed by atoms with Crippen molar-refractivity contribution >= 4 is 5.69 Å². The Morgan fingerprint density at radius 2 is 1.85 bits per heavy atom. The standard InChI is InChI=1S/C17H25FN2/c1-20(16-5-3-2-4-6-16)17-10-13(9-14(18)11-17)12-19-15-7-8-15/h9-11,15-16,19H,2-8,12H2,1H3. The number of nitrogens with one attached hydrogen (secondary N) is 1. The van der Waals surface area contributed by atoms with Crippen molar-refractivity contribution in [3.63, 3.8) is 0 Å². The number of halogens is 1. The molecule has 110 valence electrons. The zero-order valence-electron chi connectivity index (χ0n) is 12.4. The molecule has 0 spiro atoms. The molecule has 0 radical (unpaired) electrons. The first-order valence-corrected chi connectivity index (χ1v) is 7.98. The lowest BCUT2D eigenvalue weighted by Crippen LogP contribution is -2.33. The summed E-state index contributed by atoms with van der Waals surface area (Å²) in [6.07, 6.45) is 8.98. The van der Waals surface area contributed by atoms with Gasteiger partial charge >= 0.3 is 0 Å². The average Bonchev–Trinajstić information content (AvgIpc) is 3.29. The van der Waals surface area contributed by atoms with Gasteiger partial charge in [0.05, 0.1) is 0 Å². The second-order valence-corrected chi connectivity index (χ2v) is 6.38. The lowest BCUT2D eigenvalue weighted by atomic mass is 9.94. The Kier molecular flexibility index (Phi) is 4.25. The summed E-state index contributed by atoms with van der Waals surface area (Å²) in [4.78, 5) is 2.28. The maximum Gasteiger partial charge on any atom is 0.125 e. The van der Waals surface area contributed by atoms with E-state index in [1.807, 2.05) is 0 Å². The molecule has 1 aromatic rings. The highest BCUT2D eigenvalue weighted by molar-refractivity contribution is 5.49. The molecule has 0 aromatic heterocycles. The minimum atomic E-state index is -0.113. The summed E-state index contributed by atoms with van der Waals surface area (Å²) >= 11 is 0. The second kappa shape index (κ2) is 6.13. The van der Waals surface area contributed by atoms with E-state index in [0.29, 0.717) is 12.1 Å². The zero-order chi connectivity index (χ0) is 13.9. The summed E-state index contributed by atoms with van der Waals surface area (Å²) in [6.45, 7) is 0.786. The van der Waals surface area contributed by atoms with E-state index in [9.17, 15) is 4.39 Å². The fourth-order valence-electron chi connectivity index (χ4n) is 3.17. The van der Waals surface area contributed by atoms with Gasteiger partial charge in [-0.3, -0.25) is 0 Å². The Morgan fingerprint density at radius 3 is 2.55 bits per heavy atom. The molecule has 0 amide bonds. The maximum absolute atomic E-state index is 13.8. The first-order chi connectivity index (χ1) is 9.72. The van der Waals surface area contributed by atoms with Gasteiger partial charge in [-0.15, -0.1) is 0 Å². The van der Waals surface area contributed by atoms with Crippen LogP contribution in [-0.2, 0) is 6.54 Å². The van der Waals surface area contributed by atoms with Gasteiger partial charge in [0.2, 0.25) is 0 Å². The lowest BCUT2D eigenvalue weighted by Gasteiger charge is -2.33. The van der Waals surface area contributed by atoms with Crippen LogP contribution in [0.3, 0.4) is 0 Å². The van der Waals surface area contributed by atoms with Crippen LogP contribution in [-0.4, -0.2) is 19.1 Å². The Labute approximate surface area is 121 Å². The highest BCUT2D eigenvalue weighted by atomic mass is 19.1. The summed E-state index contributed by atoms with van der Waals surface area (Å²) in [5.41, 5.74) is 2.10. The van der Waals surface area contributed by atoms with Crippen molar-refractivity contribution in [2.24, 2.45) is 0 Å². The number of rotatable bonds is 5. The van der Waals surface area contributed by atoms with Crippen molar-refractivity contribution in [1.82, 2.24) is 5.32 Å². The predicted molar refractivity (Wildman–Crippen MR) is 81.5 cm³/mol. The average molecular weight is 276 g/mol. The minimum Gasteiger partial charge on any atom is -0.372 e. The first-order valence-electron chi connectivity index (χ1n) is 7.98. The van der Waals surface area contributed by atoms with Gasteiger partial charge in [-0.2, -0.15) is 0 Å².